The highest BCUT2D eigenvalue weighted by Crippen LogP contribution is 2.18. The molecule has 0 radical (unpaired) electrons. The minimum absolute atomic E-state index is 0.0472. The third kappa shape index (κ3) is 3.61. The van der Waals surface area contributed by atoms with E-state index in [0.29, 0.717) is 5.56 Å². The molecule has 5 heteroatoms. The molecule has 0 spiro atoms. The fourth-order valence-corrected chi connectivity index (χ4v) is 3.11. The van der Waals surface area contributed by atoms with Crippen molar-refractivity contribution in [3.05, 3.63) is 73.6 Å². The number of aromatic amines is 1. The second kappa shape index (κ2) is 6.54. The predicted molar refractivity (Wildman–Crippen MR) is 101 cm³/mol. The van der Waals surface area contributed by atoms with Crippen molar-refractivity contribution >= 4 is 45.1 Å². The summed E-state index contributed by atoms with van der Waals surface area (Å²) < 4.78 is 1.11. The van der Waals surface area contributed by atoms with Crippen LogP contribution in [0.15, 0.2) is 53.3 Å². The van der Waals surface area contributed by atoms with E-state index in [-0.39, 0.29) is 17.9 Å². The highest BCUT2D eigenvalue weighted by molar-refractivity contribution is 14.1. The highest BCUT2D eigenvalue weighted by Gasteiger charge is 2.10. The molecule has 1 amide bonds. The number of H-pyrrole nitrogens is 1. The lowest BCUT2D eigenvalue weighted by atomic mass is 10.1. The van der Waals surface area contributed by atoms with Crippen LogP contribution in [0.3, 0.4) is 0 Å². The van der Waals surface area contributed by atoms with E-state index in [9.17, 15) is 9.59 Å². The average Bonchev–Trinajstić information content (AvgIpc) is 2.51. The molecule has 0 unspecified atom stereocenters. The lowest BCUT2D eigenvalue weighted by Gasteiger charge is -2.09. The number of carbonyl (C=O) groups is 1. The number of halogens is 1. The maximum absolute atomic E-state index is 12.2. The molecule has 4 nitrogen and oxygen atoms in total. The molecule has 23 heavy (non-hydrogen) atoms. The number of pyridine rings is 1. The number of hydrogen-bond donors (Lipinski definition) is 2. The van der Waals surface area contributed by atoms with Gasteiger partial charge in [-0.2, -0.15) is 0 Å². The first-order valence-corrected chi connectivity index (χ1v) is 8.28. The van der Waals surface area contributed by atoms with Gasteiger partial charge >= 0.3 is 0 Å². The van der Waals surface area contributed by atoms with Crippen molar-refractivity contribution in [1.29, 1.82) is 0 Å². The Hall–Kier alpha value is -2.15. The maximum atomic E-state index is 12.2. The molecule has 0 bridgehead atoms. The number of amides is 1. The van der Waals surface area contributed by atoms with Crippen molar-refractivity contribution in [2.24, 2.45) is 0 Å². The summed E-state index contributed by atoms with van der Waals surface area (Å²) in [5, 5.41) is 3.78. The van der Waals surface area contributed by atoms with E-state index in [1.165, 1.54) is 0 Å². The first-order chi connectivity index (χ1) is 11.0. The van der Waals surface area contributed by atoms with Crippen molar-refractivity contribution in [3.8, 4) is 0 Å². The first-order valence-electron chi connectivity index (χ1n) is 7.20. The summed E-state index contributed by atoms with van der Waals surface area (Å²) in [5.41, 5.74) is 2.78. The molecule has 2 aromatic carbocycles. The molecular weight excluding hydrogens is 403 g/mol. The summed E-state index contributed by atoms with van der Waals surface area (Å²) >= 11 is 2.23. The van der Waals surface area contributed by atoms with Crippen LogP contribution in [0.5, 0.6) is 0 Å². The van der Waals surface area contributed by atoms with E-state index in [1.807, 2.05) is 49.4 Å². The number of anilines is 1. The number of benzene rings is 2. The number of rotatable bonds is 3. The zero-order chi connectivity index (χ0) is 16.4. The van der Waals surface area contributed by atoms with Crippen molar-refractivity contribution in [2.75, 3.05) is 5.32 Å². The quantitative estimate of drug-likeness (QED) is 0.639. The molecule has 0 saturated heterocycles. The van der Waals surface area contributed by atoms with Crippen LogP contribution in [0, 0.1) is 10.5 Å². The number of aryl methyl sites for hydroxylation is 1. The van der Waals surface area contributed by atoms with Gasteiger partial charge in [0.1, 0.15) is 0 Å². The van der Waals surface area contributed by atoms with Crippen LogP contribution in [-0.4, -0.2) is 10.9 Å². The van der Waals surface area contributed by atoms with E-state index >= 15 is 0 Å². The Morgan fingerprint density at radius 3 is 2.74 bits per heavy atom. The van der Waals surface area contributed by atoms with E-state index < -0.39 is 0 Å². The maximum Gasteiger partial charge on any atom is 0.252 e. The number of fused-ring (bicyclic) bond motifs is 1. The van der Waals surface area contributed by atoms with Crippen LogP contribution in [-0.2, 0) is 11.2 Å². The third-order valence-electron chi connectivity index (χ3n) is 3.64. The molecule has 0 saturated carbocycles. The van der Waals surface area contributed by atoms with Crippen LogP contribution in [0.4, 0.5) is 5.69 Å². The fourth-order valence-electron chi connectivity index (χ4n) is 2.46. The normalized spacial score (nSPS) is 10.7. The van der Waals surface area contributed by atoms with Gasteiger partial charge in [-0.25, -0.2) is 0 Å². The summed E-state index contributed by atoms with van der Waals surface area (Å²) in [7, 11) is 0. The molecule has 0 atom stereocenters. The Bertz CT molecular complexity index is 947. The SMILES string of the molecule is Cc1cc(I)ccc1NC(=O)Cc1cc2ccccc2[nH]c1=O. The van der Waals surface area contributed by atoms with E-state index in [0.717, 1.165) is 25.7 Å². The van der Waals surface area contributed by atoms with Crippen LogP contribution < -0.4 is 10.9 Å². The van der Waals surface area contributed by atoms with Gasteiger partial charge in [-0.15, -0.1) is 0 Å². The Balaban J connectivity index is 1.82. The standard InChI is InChI=1S/C18H15IN2O2/c1-11-8-14(19)6-7-15(11)20-17(22)10-13-9-12-4-2-3-5-16(12)21-18(13)23/h2-9H,10H2,1H3,(H,20,22)(H,21,23). The smallest absolute Gasteiger partial charge is 0.252 e. The molecular formula is C18H15IN2O2. The number of carbonyl (C=O) groups excluding carboxylic acids is 1. The zero-order valence-corrected chi connectivity index (χ0v) is 14.7. The number of hydrogen-bond acceptors (Lipinski definition) is 2. The lowest BCUT2D eigenvalue weighted by Crippen LogP contribution is -2.21. The Morgan fingerprint density at radius 2 is 1.96 bits per heavy atom. The van der Waals surface area contributed by atoms with Crippen LogP contribution in [0.2, 0.25) is 0 Å². The van der Waals surface area contributed by atoms with Gasteiger partial charge in [0.15, 0.2) is 0 Å². The van der Waals surface area contributed by atoms with Gasteiger partial charge < -0.3 is 10.3 Å². The largest absolute Gasteiger partial charge is 0.326 e. The Labute approximate surface area is 147 Å². The summed E-state index contributed by atoms with van der Waals surface area (Å²) in [6.07, 6.45) is 0.0472. The molecule has 2 N–H and O–H groups in total. The average molecular weight is 418 g/mol. The second-order valence-corrected chi connectivity index (χ2v) is 6.64. The van der Waals surface area contributed by atoms with Gasteiger partial charge in [0, 0.05) is 20.3 Å². The molecule has 0 aliphatic carbocycles. The predicted octanol–water partition coefficient (Wildman–Crippen LogP) is 3.62. The molecule has 0 aliphatic heterocycles. The molecule has 116 valence electrons. The van der Waals surface area contributed by atoms with Gasteiger partial charge in [-0.1, -0.05) is 18.2 Å². The first kappa shape index (κ1) is 15.7. The van der Waals surface area contributed by atoms with Gasteiger partial charge in [0.05, 0.1) is 6.42 Å². The van der Waals surface area contributed by atoms with Crippen molar-refractivity contribution in [3.63, 3.8) is 0 Å². The van der Waals surface area contributed by atoms with Crippen LogP contribution in [0.1, 0.15) is 11.1 Å². The summed E-state index contributed by atoms with van der Waals surface area (Å²) in [4.78, 5) is 27.1. The highest BCUT2D eigenvalue weighted by atomic mass is 127. The zero-order valence-electron chi connectivity index (χ0n) is 12.5. The van der Waals surface area contributed by atoms with Gasteiger partial charge in [0.2, 0.25) is 5.91 Å². The molecule has 1 heterocycles. The van der Waals surface area contributed by atoms with Crippen molar-refractivity contribution in [2.45, 2.75) is 13.3 Å². The topological polar surface area (TPSA) is 62.0 Å². The molecule has 1 aromatic heterocycles. The number of aromatic nitrogens is 1. The summed E-state index contributed by atoms with van der Waals surface area (Å²) in [6, 6.07) is 15.1. The monoisotopic (exact) mass is 418 g/mol. The van der Waals surface area contributed by atoms with Crippen molar-refractivity contribution in [1.82, 2.24) is 4.98 Å². The Morgan fingerprint density at radius 1 is 1.17 bits per heavy atom. The summed E-state index contributed by atoms with van der Waals surface area (Å²) in [6.45, 7) is 1.95. The Kier molecular flexibility index (Phi) is 4.47. The van der Waals surface area contributed by atoms with E-state index in [4.69, 9.17) is 0 Å². The lowest BCUT2D eigenvalue weighted by molar-refractivity contribution is -0.115. The molecule has 0 fully saturated rings. The molecule has 0 aliphatic rings. The van der Waals surface area contributed by atoms with E-state index in [2.05, 4.69) is 32.9 Å². The fraction of sp³-hybridized carbons (Fsp3) is 0.111. The van der Waals surface area contributed by atoms with Gasteiger partial charge in [-0.05, 0) is 70.8 Å². The number of nitrogens with one attached hydrogen (secondary N) is 2. The minimum Gasteiger partial charge on any atom is -0.326 e. The van der Waals surface area contributed by atoms with Crippen LogP contribution >= 0.6 is 22.6 Å². The van der Waals surface area contributed by atoms with Crippen molar-refractivity contribution < 1.29 is 4.79 Å². The second-order valence-electron chi connectivity index (χ2n) is 5.40. The van der Waals surface area contributed by atoms with Gasteiger partial charge in [-0.3, -0.25) is 9.59 Å². The molecule has 3 aromatic rings. The van der Waals surface area contributed by atoms with Gasteiger partial charge in [0.25, 0.3) is 5.56 Å². The van der Waals surface area contributed by atoms with Crippen LogP contribution in [0.25, 0.3) is 10.9 Å². The molecule has 3 rings (SSSR count). The van der Waals surface area contributed by atoms with E-state index in [1.54, 1.807) is 6.07 Å². The minimum atomic E-state index is -0.224. The summed E-state index contributed by atoms with van der Waals surface area (Å²) in [5.74, 6) is -0.199. The third-order valence-corrected chi connectivity index (χ3v) is 4.31. The number of para-hydroxylation sites is 1.